The first-order chi connectivity index (χ1) is 5.90. The molecule has 2 fully saturated rings. The predicted molar refractivity (Wildman–Crippen MR) is 52.1 cm³/mol. The molecule has 1 heteroatoms. The normalized spacial score (nSPS) is 36.8. The Hall–Kier alpha value is -0.0400. The van der Waals surface area contributed by atoms with Gasteiger partial charge in [0.25, 0.3) is 0 Å². The van der Waals surface area contributed by atoms with Crippen molar-refractivity contribution in [1.82, 2.24) is 5.32 Å². The van der Waals surface area contributed by atoms with Gasteiger partial charge in [0, 0.05) is 6.04 Å². The summed E-state index contributed by atoms with van der Waals surface area (Å²) >= 11 is 0. The minimum Gasteiger partial charge on any atom is -0.317 e. The van der Waals surface area contributed by atoms with Crippen molar-refractivity contribution in [2.24, 2.45) is 11.8 Å². The molecule has 0 aromatic heterocycles. The van der Waals surface area contributed by atoms with Crippen LogP contribution < -0.4 is 5.32 Å². The Bertz CT molecular complexity index is 138. The van der Waals surface area contributed by atoms with Gasteiger partial charge in [0.15, 0.2) is 0 Å². The van der Waals surface area contributed by atoms with Crippen molar-refractivity contribution in [3.05, 3.63) is 0 Å². The van der Waals surface area contributed by atoms with Crippen molar-refractivity contribution in [2.75, 3.05) is 7.05 Å². The van der Waals surface area contributed by atoms with E-state index in [1.807, 2.05) is 0 Å². The molecular formula is C11H21N. The van der Waals surface area contributed by atoms with Crippen LogP contribution in [0.4, 0.5) is 0 Å². The second-order valence-corrected chi connectivity index (χ2v) is 4.63. The Labute approximate surface area is 75.9 Å². The zero-order valence-electron chi connectivity index (χ0n) is 8.18. The summed E-state index contributed by atoms with van der Waals surface area (Å²) in [5, 5.41) is 3.38. The van der Waals surface area contributed by atoms with Crippen LogP contribution in [0.3, 0.4) is 0 Å². The molecule has 0 aliphatic heterocycles. The minimum absolute atomic E-state index is 0.881. The molecule has 1 N–H and O–H groups in total. The van der Waals surface area contributed by atoms with E-state index in [2.05, 4.69) is 12.4 Å². The Kier molecular flexibility index (Phi) is 2.69. The third-order valence-electron chi connectivity index (χ3n) is 3.65. The van der Waals surface area contributed by atoms with E-state index < -0.39 is 0 Å². The summed E-state index contributed by atoms with van der Waals surface area (Å²) in [6.07, 6.45) is 10.5. The Morgan fingerprint density at radius 1 is 1.17 bits per heavy atom. The van der Waals surface area contributed by atoms with Crippen LogP contribution >= 0.6 is 0 Å². The summed E-state index contributed by atoms with van der Waals surface area (Å²) in [7, 11) is 2.10. The van der Waals surface area contributed by atoms with Gasteiger partial charge >= 0.3 is 0 Å². The molecule has 0 spiro atoms. The molecular weight excluding hydrogens is 146 g/mol. The molecule has 2 unspecified atom stereocenters. The molecule has 12 heavy (non-hydrogen) atoms. The highest BCUT2D eigenvalue weighted by Crippen LogP contribution is 2.39. The lowest BCUT2D eigenvalue weighted by Gasteiger charge is -2.21. The van der Waals surface area contributed by atoms with Crippen LogP contribution in [0.15, 0.2) is 0 Å². The van der Waals surface area contributed by atoms with Crippen molar-refractivity contribution in [2.45, 2.75) is 51.0 Å². The predicted octanol–water partition coefficient (Wildman–Crippen LogP) is 2.56. The van der Waals surface area contributed by atoms with Gasteiger partial charge in [0.05, 0.1) is 0 Å². The summed E-state index contributed by atoms with van der Waals surface area (Å²) in [6.45, 7) is 0. The first-order valence-electron chi connectivity index (χ1n) is 5.57. The quantitative estimate of drug-likeness (QED) is 0.681. The summed E-state index contributed by atoms with van der Waals surface area (Å²) in [6, 6.07) is 0.881. The van der Waals surface area contributed by atoms with E-state index in [1.54, 1.807) is 0 Å². The average molecular weight is 167 g/mol. The highest BCUT2D eigenvalue weighted by atomic mass is 14.9. The smallest absolute Gasteiger partial charge is 0.00962 e. The van der Waals surface area contributed by atoms with Crippen LogP contribution in [0.2, 0.25) is 0 Å². The number of hydrogen-bond donors (Lipinski definition) is 1. The molecule has 0 aromatic carbocycles. The fourth-order valence-electron chi connectivity index (χ4n) is 2.71. The van der Waals surface area contributed by atoms with E-state index >= 15 is 0 Å². The monoisotopic (exact) mass is 167 g/mol. The van der Waals surface area contributed by atoms with Gasteiger partial charge in [-0.25, -0.2) is 0 Å². The molecule has 0 aromatic rings. The zero-order chi connectivity index (χ0) is 8.39. The Balaban J connectivity index is 1.66. The fourth-order valence-corrected chi connectivity index (χ4v) is 2.71. The van der Waals surface area contributed by atoms with Gasteiger partial charge in [0.1, 0.15) is 0 Å². The first kappa shape index (κ1) is 8.55. The summed E-state index contributed by atoms with van der Waals surface area (Å²) in [4.78, 5) is 0. The van der Waals surface area contributed by atoms with Crippen molar-refractivity contribution < 1.29 is 0 Å². The largest absolute Gasteiger partial charge is 0.317 e. The lowest BCUT2D eigenvalue weighted by molar-refractivity contribution is 0.322. The molecule has 2 rings (SSSR count). The van der Waals surface area contributed by atoms with Crippen molar-refractivity contribution in [3.63, 3.8) is 0 Å². The maximum absolute atomic E-state index is 3.38. The maximum Gasteiger partial charge on any atom is 0.00962 e. The summed E-state index contributed by atoms with van der Waals surface area (Å²) in [5.41, 5.74) is 0. The lowest BCUT2D eigenvalue weighted by Crippen LogP contribution is -2.14. The first-order valence-corrected chi connectivity index (χ1v) is 5.57. The molecule has 0 bridgehead atoms. The van der Waals surface area contributed by atoms with Crippen molar-refractivity contribution >= 4 is 0 Å². The van der Waals surface area contributed by atoms with Gasteiger partial charge in [-0.15, -0.1) is 0 Å². The number of hydrogen-bond acceptors (Lipinski definition) is 1. The maximum atomic E-state index is 3.38. The van der Waals surface area contributed by atoms with Crippen LogP contribution in [-0.4, -0.2) is 13.1 Å². The minimum atomic E-state index is 0.881. The molecule has 0 saturated heterocycles. The van der Waals surface area contributed by atoms with Crippen molar-refractivity contribution in [3.8, 4) is 0 Å². The molecule has 2 saturated carbocycles. The van der Waals surface area contributed by atoms with E-state index in [-0.39, 0.29) is 0 Å². The molecule has 1 nitrogen and oxygen atoms in total. The van der Waals surface area contributed by atoms with Crippen LogP contribution in [0.5, 0.6) is 0 Å². The second kappa shape index (κ2) is 3.78. The van der Waals surface area contributed by atoms with Gasteiger partial charge in [-0.05, 0) is 31.7 Å². The Morgan fingerprint density at radius 2 is 1.92 bits per heavy atom. The zero-order valence-corrected chi connectivity index (χ0v) is 8.18. The summed E-state index contributed by atoms with van der Waals surface area (Å²) < 4.78 is 0. The highest BCUT2D eigenvalue weighted by molar-refractivity contribution is 4.93. The fraction of sp³-hybridized carbons (Fsp3) is 1.00. The van der Waals surface area contributed by atoms with Crippen molar-refractivity contribution in [1.29, 1.82) is 0 Å². The molecule has 0 radical (unpaired) electrons. The second-order valence-electron chi connectivity index (χ2n) is 4.63. The SMILES string of the molecule is CNC1CC1CC1CCCCC1. The molecule has 2 aliphatic carbocycles. The van der Waals surface area contributed by atoms with E-state index in [4.69, 9.17) is 0 Å². The molecule has 2 aliphatic rings. The van der Waals surface area contributed by atoms with Gasteiger partial charge in [0.2, 0.25) is 0 Å². The number of rotatable bonds is 3. The Morgan fingerprint density at radius 3 is 2.50 bits per heavy atom. The molecule has 70 valence electrons. The van der Waals surface area contributed by atoms with Gasteiger partial charge in [-0.2, -0.15) is 0 Å². The van der Waals surface area contributed by atoms with Crippen LogP contribution in [0.25, 0.3) is 0 Å². The van der Waals surface area contributed by atoms with Gasteiger partial charge in [-0.1, -0.05) is 32.1 Å². The third-order valence-corrected chi connectivity index (χ3v) is 3.65. The highest BCUT2D eigenvalue weighted by Gasteiger charge is 2.36. The van der Waals surface area contributed by atoms with Crippen LogP contribution in [0, 0.1) is 11.8 Å². The summed E-state index contributed by atoms with van der Waals surface area (Å²) in [5.74, 6) is 2.13. The van der Waals surface area contributed by atoms with E-state index in [0.717, 1.165) is 17.9 Å². The van der Waals surface area contributed by atoms with E-state index in [0.29, 0.717) is 0 Å². The number of nitrogens with one attached hydrogen (secondary N) is 1. The standard InChI is InChI=1S/C11H21N/c1-12-11-8-10(11)7-9-5-3-2-4-6-9/h9-12H,2-8H2,1H3. The molecule has 0 heterocycles. The van der Waals surface area contributed by atoms with Crippen LogP contribution in [-0.2, 0) is 0 Å². The van der Waals surface area contributed by atoms with Gasteiger partial charge < -0.3 is 5.32 Å². The van der Waals surface area contributed by atoms with Crippen LogP contribution in [0.1, 0.15) is 44.9 Å². The topological polar surface area (TPSA) is 12.0 Å². The lowest BCUT2D eigenvalue weighted by atomic mass is 9.85. The average Bonchev–Trinajstić information content (AvgIpc) is 2.85. The van der Waals surface area contributed by atoms with Gasteiger partial charge in [-0.3, -0.25) is 0 Å². The van der Waals surface area contributed by atoms with E-state index in [9.17, 15) is 0 Å². The van der Waals surface area contributed by atoms with E-state index in [1.165, 1.54) is 44.9 Å². The third kappa shape index (κ3) is 2.01. The molecule has 2 atom stereocenters. The molecule has 0 amide bonds.